The van der Waals surface area contributed by atoms with Crippen LogP contribution in [0.25, 0.3) is 10.9 Å². The highest BCUT2D eigenvalue weighted by Crippen LogP contribution is 2.29. The van der Waals surface area contributed by atoms with E-state index in [9.17, 15) is 14.7 Å². The van der Waals surface area contributed by atoms with Gasteiger partial charge in [-0.3, -0.25) is 9.59 Å². The average molecular weight is 372 g/mol. The van der Waals surface area contributed by atoms with Crippen molar-refractivity contribution in [3.8, 4) is 5.75 Å². The van der Waals surface area contributed by atoms with Crippen molar-refractivity contribution < 1.29 is 15.0 Å². The zero-order valence-electron chi connectivity index (χ0n) is 14.3. The van der Waals surface area contributed by atoms with Gasteiger partial charge in [0.15, 0.2) is 5.78 Å². The van der Waals surface area contributed by atoms with Gasteiger partial charge >= 0.3 is 0 Å². The second-order valence-corrected chi connectivity index (χ2v) is 6.96. The molecule has 7 heteroatoms. The molecule has 0 spiro atoms. The van der Waals surface area contributed by atoms with Gasteiger partial charge in [-0.1, -0.05) is 18.2 Å². The summed E-state index contributed by atoms with van der Waals surface area (Å²) in [5, 5.41) is 25.1. The third kappa shape index (κ3) is 3.41. The van der Waals surface area contributed by atoms with E-state index in [0.29, 0.717) is 17.4 Å². The number of thiophene rings is 1. The number of aromatic nitrogens is 1. The SMILES string of the molecule is Cn1c(=O)c(C(=O)CC(NCCO)c2cccs2)c(O)c2ccccc21. The van der Waals surface area contributed by atoms with Gasteiger partial charge in [-0.05, 0) is 23.6 Å². The molecule has 2 heterocycles. The maximum absolute atomic E-state index is 12.9. The Bertz CT molecular complexity index is 979. The quantitative estimate of drug-likeness (QED) is 0.553. The van der Waals surface area contributed by atoms with E-state index < -0.39 is 11.3 Å². The molecule has 1 atom stereocenters. The number of nitrogens with one attached hydrogen (secondary N) is 1. The zero-order valence-corrected chi connectivity index (χ0v) is 15.1. The lowest BCUT2D eigenvalue weighted by Crippen LogP contribution is -2.29. The molecule has 136 valence electrons. The second-order valence-electron chi connectivity index (χ2n) is 5.98. The minimum atomic E-state index is -0.515. The number of fused-ring (bicyclic) bond motifs is 1. The number of rotatable bonds is 7. The number of nitrogens with zero attached hydrogens (tertiary/aromatic N) is 1. The van der Waals surface area contributed by atoms with Crippen LogP contribution in [-0.2, 0) is 7.05 Å². The fourth-order valence-electron chi connectivity index (χ4n) is 3.02. The number of benzene rings is 1. The number of aromatic hydroxyl groups is 1. The number of pyridine rings is 1. The first-order valence-corrected chi connectivity index (χ1v) is 9.14. The van der Waals surface area contributed by atoms with E-state index in [1.165, 1.54) is 15.9 Å². The predicted octanol–water partition coefficient (Wildman–Crippen LogP) is 2.20. The topological polar surface area (TPSA) is 91.6 Å². The molecule has 0 radical (unpaired) electrons. The highest BCUT2D eigenvalue weighted by Gasteiger charge is 2.24. The normalized spacial score (nSPS) is 12.4. The number of Topliss-reactive ketones (excluding diaryl/α,β-unsaturated/α-hetero) is 1. The van der Waals surface area contributed by atoms with Crippen molar-refractivity contribution in [1.29, 1.82) is 0 Å². The van der Waals surface area contributed by atoms with Gasteiger partial charge in [0.25, 0.3) is 5.56 Å². The van der Waals surface area contributed by atoms with Crippen LogP contribution in [0.2, 0.25) is 0 Å². The molecule has 0 saturated carbocycles. The summed E-state index contributed by atoms with van der Waals surface area (Å²) in [4.78, 5) is 26.5. The molecule has 0 amide bonds. The molecule has 3 N–H and O–H groups in total. The molecule has 0 aliphatic heterocycles. The van der Waals surface area contributed by atoms with Gasteiger partial charge < -0.3 is 20.1 Å². The van der Waals surface area contributed by atoms with E-state index in [2.05, 4.69) is 5.32 Å². The van der Waals surface area contributed by atoms with Gasteiger partial charge in [0.1, 0.15) is 11.3 Å². The number of para-hydroxylation sites is 1. The summed E-state index contributed by atoms with van der Waals surface area (Å²) >= 11 is 1.49. The first-order chi connectivity index (χ1) is 12.5. The largest absolute Gasteiger partial charge is 0.506 e. The lowest BCUT2D eigenvalue weighted by Gasteiger charge is -2.17. The smallest absolute Gasteiger partial charge is 0.265 e. The van der Waals surface area contributed by atoms with E-state index in [-0.39, 0.29) is 30.4 Å². The van der Waals surface area contributed by atoms with Crippen molar-refractivity contribution in [3.63, 3.8) is 0 Å². The van der Waals surface area contributed by atoms with Gasteiger partial charge in [0.2, 0.25) is 0 Å². The first-order valence-electron chi connectivity index (χ1n) is 8.26. The Kier molecular flexibility index (Phi) is 5.51. The van der Waals surface area contributed by atoms with Crippen LogP contribution in [0.4, 0.5) is 0 Å². The number of carbonyl (C=O) groups excluding carboxylic acids is 1. The lowest BCUT2D eigenvalue weighted by molar-refractivity contribution is 0.0963. The van der Waals surface area contributed by atoms with Crippen molar-refractivity contribution in [2.75, 3.05) is 13.2 Å². The van der Waals surface area contributed by atoms with Crippen LogP contribution in [0.3, 0.4) is 0 Å². The van der Waals surface area contributed by atoms with E-state index in [0.717, 1.165) is 4.88 Å². The highest BCUT2D eigenvalue weighted by molar-refractivity contribution is 7.10. The zero-order chi connectivity index (χ0) is 18.7. The molecular formula is C19H20N2O4S. The third-order valence-electron chi connectivity index (χ3n) is 4.33. The molecule has 0 bridgehead atoms. The Morgan fingerprint density at radius 1 is 1.27 bits per heavy atom. The summed E-state index contributed by atoms with van der Waals surface area (Å²) in [6, 6.07) is 10.4. The Morgan fingerprint density at radius 3 is 2.73 bits per heavy atom. The fraction of sp³-hybridized carbons (Fsp3) is 0.263. The maximum atomic E-state index is 12.9. The molecule has 2 aromatic heterocycles. The third-order valence-corrected chi connectivity index (χ3v) is 5.32. The molecule has 26 heavy (non-hydrogen) atoms. The van der Waals surface area contributed by atoms with Gasteiger partial charge in [0, 0.05) is 36.3 Å². The van der Waals surface area contributed by atoms with Crippen LogP contribution in [-0.4, -0.2) is 33.7 Å². The van der Waals surface area contributed by atoms with Crippen LogP contribution in [0, 0.1) is 0 Å². The Labute approximate surface area is 154 Å². The molecule has 6 nitrogen and oxygen atoms in total. The molecule has 0 aliphatic carbocycles. The Hall–Kier alpha value is -2.48. The molecule has 0 aliphatic rings. The van der Waals surface area contributed by atoms with Crippen LogP contribution in [0.15, 0.2) is 46.6 Å². The number of hydrogen-bond acceptors (Lipinski definition) is 6. The van der Waals surface area contributed by atoms with E-state index >= 15 is 0 Å². The summed E-state index contributed by atoms with van der Waals surface area (Å²) in [6.07, 6.45) is 0.0155. The second kappa shape index (κ2) is 7.82. The molecule has 0 saturated heterocycles. The molecule has 3 aromatic rings. The standard InChI is InChI=1S/C19H20N2O4S/c1-21-14-6-3-2-5-12(14)18(24)17(19(21)25)15(23)11-13(20-8-9-22)16-7-4-10-26-16/h2-7,10,13,20,22,24H,8-9,11H2,1H3. The summed E-state index contributed by atoms with van der Waals surface area (Å²) in [5.74, 6) is -0.710. The van der Waals surface area contributed by atoms with Crippen LogP contribution in [0.5, 0.6) is 5.75 Å². The Morgan fingerprint density at radius 2 is 2.04 bits per heavy atom. The number of aliphatic hydroxyl groups excluding tert-OH is 1. The van der Waals surface area contributed by atoms with Crippen molar-refractivity contribution in [2.24, 2.45) is 7.05 Å². The summed E-state index contributed by atoms with van der Waals surface area (Å²) in [6.45, 7) is 0.274. The van der Waals surface area contributed by atoms with Crippen molar-refractivity contribution in [3.05, 3.63) is 62.6 Å². The average Bonchev–Trinajstić information content (AvgIpc) is 3.18. The molecule has 1 unspecified atom stereocenters. The number of aliphatic hydroxyl groups is 1. The minimum Gasteiger partial charge on any atom is -0.506 e. The van der Waals surface area contributed by atoms with Crippen molar-refractivity contribution in [2.45, 2.75) is 12.5 Å². The van der Waals surface area contributed by atoms with Gasteiger partial charge in [-0.2, -0.15) is 0 Å². The number of hydrogen-bond donors (Lipinski definition) is 3. The minimum absolute atomic E-state index is 0.0155. The lowest BCUT2D eigenvalue weighted by atomic mass is 10.0. The van der Waals surface area contributed by atoms with E-state index in [4.69, 9.17) is 5.11 Å². The molecular weight excluding hydrogens is 352 g/mol. The molecule has 0 fully saturated rings. The van der Waals surface area contributed by atoms with Gasteiger partial charge in [0.05, 0.1) is 12.1 Å². The van der Waals surface area contributed by atoms with Gasteiger partial charge in [-0.15, -0.1) is 11.3 Å². The predicted molar refractivity (Wildman–Crippen MR) is 102 cm³/mol. The highest BCUT2D eigenvalue weighted by atomic mass is 32.1. The van der Waals surface area contributed by atoms with Crippen LogP contribution < -0.4 is 10.9 Å². The van der Waals surface area contributed by atoms with Crippen LogP contribution >= 0.6 is 11.3 Å². The Balaban J connectivity index is 2.00. The summed E-state index contributed by atoms with van der Waals surface area (Å²) in [7, 11) is 1.58. The van der Waals surface area contributed by atoms with Crippen LogP contribution in [0.1, 0.15) is 27.7 Å². The molecule has 3 rings (SSSR count). The number of ketones is 1. The van der Waals surface area contributed by atoms with E-state index in [1.807, 2.05) is 17.5 Å². The van der Waals surface area contributed by atoms with Gasteiger partial charge in [-0.25, -0.2) is 0 Å². The van der Waals surface area contributed by atoms with E-state index in [1.54, 1.807) is 31.3 Å². The fourth-order valence-corrected chi connectivity index (χ4v) is 3.82. The first kappa shape index (κ1) is 18.3. The maximum Gasteiger partial charge on any atom is 0.265 e. The van der Waals surface area contributed by atoms with Crippen molar-refractivity contribution >= 4 is 28.0 Å². The number of aryl methyl sites for hydroxylation is 1. The van der Waals surface area contributed by atoms with Crippen molar-refractivity contribution in [1.82, 2.24) is 9.88 Å². The molecule has 1 aromatic carbocycles. The summed E-state index contributed by atoms with van der Waals surface area (Å²) < 4.78 is 1.38. The summed E-state index contributed by atoms with van der Waals surface area (Å²) in [5.41, 5.74) is -0.142. The monoisotopic (exact) mass is 372 g/mol. The number of carbonyl (C=O) groups is 1.